The zero-order chi connectivity index (χ0) is 19.2. The Kier molecular flexibility index (Phi) is 5.79. The average Bonchev–Trinajstić information content (AvgIpc) is 3.44. The maximum atomic E-state index is 12.6. The smallest absolute Gasteiger partial charge is 0.231 e. The summed E-state index contributed by atoms with van der Waals surface area (Å²) in [6.45, 7) is 0. The van der Waals surface area contributed by atoms with Gasteiger partial charge in [-0.25, -0.2) is 14.6 Å². The highest BCUT2D eigenvalue weighted by Gasteiger charge is 2.19. The molecule has 0 saturated carbocycles. The van der Waals surface area contributed by atoms with Crippen LogP contribution in [0.25, 0.3) is 5.69 Å². The molecule has 0 aliphatic rings. The summed E-state index contributed by atoms with van der Waals surface area (Å²) < 4.78 is 1.70. The lowest BCUT2D eigenvalue weighted by Gasteiger charge is -2.16. The molecule has 28 heavy (non-hydrogen) atoms. The Balaban J connectivity index is 1.40. The highest BCUT2D eigenvalue weighted by molar-refractivity contribution is 7.99. The molecule has 1 atom stereocenters. The lowest BCUT2D eigenvalue weighted by molar-refractivity contribution is -0.119. The molecule has 0 aliphatic carbocycles. The number of carbonyl (C=O) groups is 1. The number of carbonyl (C=O) groups excluding carboxylic acids is 1. The number of rotatable bonds is 7. The molecular formula is C20H17N5OS2. The third kappa shape index (κ3) is 4.47. The fourth-order valence-corrected chi connectivity index (χ4v) is 3.99. The maximum Gasteiger partial charge on any atom is 0.231 e. The van der Waals surface area contributed by atoms with Crippen molar-refractivity contribution in [2.45, 2.75) is 11.2 Å². The first-order valence-electron chi connectivity index (χ1n) is 8.63. The van der Waals surface area contributed by atoms with Crippen molar-refractivity contribution in [1.82, 2.24) is 25.1 Å². The number of nitrogens with one attached hydrogen (secondary N) is 1. The molecule has 140 valence electrons. The van der Waals surface area contributed by atoms with E-state index >= 15 is 0 Å². The first-order chi connectivity index (χ1) is 13.8. The largest absolute Gasteiger partial charge is 0.342 e. The fourth-order valence-electron chi connectivity index (χ4n) is 2.66. The monoisotopic (exact) mass is 407 g/mol. The van der Waals surface area contributed by atoms with Gasteiger partial charge in [-0.3, -0.25) is 4.79 Å². The molecule has 1 unspecified atom stereocenters. The average molecular weight is 408 g/mol. The number of thiazole rings is 1. The lowest BCUT2D eigenvalue weighted by atomic mass is 10.1. The second-order valence-electron chi connectivity index (χ2n) is 5.88. The van der Waals surface area contributed by atoms with Gasteiger partial charge in [0, 0.05) is 11.6 Å². The van der Waals surface area contributed by atoms with Crippen LogP contribution in [0.5, 0.6) is 0 Å². The van der Waals surface area contributed by atoms with Crippen LogP contribution in [0.4, 0.5) is 0 Å². The minimum Gasteiger partial charge on any atom is -0.342 e. The number of aromatic nitrogens is 4. The minimum atomic E-state index is -0.260. The molecular weight excluding hydrogens is 390 g/mol. The maximum absolute atomic E-state index is 12.6. The summed E-state index contributed by atoms with van der Waals surface area (Å²) in [6, 6.07) is 19.3. The Hall–Kier alpha value is -2.97. The van der Waals surface area contributed by atoms with Crippen LogP contribution in [0.15, 0.2) is 83.7 Å². The Morgan fingerprint density at radius 2 is 1.82 bits per heavy atom. The zero-order valence-electron chi connectivity index (χ0n) is 14.8. The molecule has 1 N–H and O–H groups in total. The van der Waals surface area contributed by atoms with Crippen LogP contribution in [0.2, 0.25) is 0 Å². The van der Waals surface area contributed by atoms with E-state index in [1.54, 1.807) is 17.2 Å². The molecule has 0 spiro atoms. The van der Waals surface area contributed by atoms with Gasteiger partial charge in [0.1, 0.15) is 17.4 Å². The van der Waals surface area contributed by atoms with Gasteiger partial charge in [-0.2, -0.15) is 0 Å². The van der Waals surface area contributed by atoms with Gasteiger partial charge < -0.3 is 5.32 Å². The molecule has 4 rings (SSSR count). The van der Waals surface area contributed by atoms with Crippen molar-refractivity contribution in [1.29, 1.82) is 0 Å². The Labute approximate surface area is 170 Å². The Bertz CT molecular complexity index is 1020. The summed E-state index contributed by atoms with van der Waals surface area (Å²) in [7, 11) is 0. The molecule has 2 aromatic heterocycles. The predicted molar refractivity (Wildman–Crippen MR) is 111 cm³/mol. The molecule has 0 saturated heterocycles. The van der Waals surface area contributed by atoms with Gasteiger partial charge >= 0.3 is 0 Å². The molecule has 2 heterocycles. The van der Waals surface area contributed by atoms with Crippen molar-refractivity contribution in [3.05, 3.63) is 89.1 Å². The summed E-state index contributed by atoms with van der Waals surface area (Å²) in [5.41, 5.74) is 1.93. The van der Waals surface area contributed by atoms with Crippen molar-refractivity contribution in [2.24, 2.45) is 0 Å². The highest BCUT2D eigenvalue weighted by atomic mass is 32.2. The van der Waals surface area contributed by atoms with Crippen LogP contribution in [0.1, 0.15) is 16.6 Å². The molecule has 0 bridgehead atoms. The molecule has 0 fully saturated rings. The van der Waals surface area contributed by atoms with Crippen molar-refractivity contribution < 1.29 is 4.79 Å². The van der Waals surface area contributed by atoms with Crippen LogP contribution in [-0.4, -0.2) is 31.4 Å². The van der Waals surface area contributed by atoms with Crippen LogP contribution in [-0.2, 0) is 4.79 Å². The third-order valence-corrected chi connectivity index (χ3v) is 5.65. The van der Waals surface area contributed by atoms with Crippen LogP contribution < -0.4 is 5.32 Å². The predicted octanol–water partition coefficient (Wildman–Crippen LogP) is 3.72. The van der Waals surface area contributed by atoms with Gasteiger partial charge in [0.2, 0.25) is 11.1 Å². The highest BCUT2D eigenvalue weighted by Crippen LogP contribution is 2.24. The van der Waals surface area contributed by atoms with Gasteiger partial charge in [-0.1, -0.05) is 60.3 Å². The number of para-hydroxylation sites is 1. The van der Waals surface area contributed by atoms with Gasteiger partial charge in [0.05, 0.1) is 11.4 Å². The van der Waals surface area contributed by atoms with Crippen molar-refractivity contribution in [2.75, 3.05) is 5.75 Å². The quantitative estimate of drug-likeness (QED) is 0.473. The number of amides is 1. The fraction of sp³-hybridized carbons (Fsp3) is 0.100. The molecule has 6 nitrogen and oxygen atoms in total. The van der Waals surface area contributed by atoms with Gasteiger partial charge in [-0.15, -0.1) is 16.4 Å². The molecule has 1 amide bonds. The molecule has 2 aromatic carbocycles. The van der Waals surface area contributed by atoms with Crippen molar-refractivity contribution in [3.8, 4) is 5.69 Å². The van der Waals surface area contributed by atoms with E-state index in [1.165, 1.54) is 23.1 Å². The second-order valence-corrected chi connectivity index (χ2v) is 7.75. The van der Waals surface area contributed by atoms with E-state index in [2.05, 4.69) is 20.4 Å². The molecule has 0 aliphatic heterocycles. The number of thioether (sulfide) groups is 1. The third-order valence-electron chi connectivity index (χ3n) is 3.96. The summed E-state index contributed by atoms with van der Waals surface area (Å²) in [5.74, 6) is 0.137. The van der Waals surface area contributed by atoms with Crippen LogP contribution in [0.3, 0.4) is 0 Å². The number of hydrogen-bond acceptors (Lipinski definition) is 6. The first-order valence-corrected chi connectivity index (χ1v) is 10.5. The van der Waals surface area contributed by atoms with E-state index in [4.69, 9.17) is 0 Å². The minimum absolute atomic E-state index is 0.0925. The van der Waals surface area contributed by atoms with E-state index in [-0.39, 0.29) is 17.7 Å². The summed E-state index contributed by atoms with van der Waals surface area (Å²) in [5, 5.41) is 10.8. The number of benzene rings is 2. The second kappa shape index (κ2) is 8.81. The van der Waals surface area contributed by atoms with E-state index in [9.17, 15) is 4.79 Å². The van der Waals surface area contributed by atoms with Gasteiger partial charge in [0.25, 0.3) is 0 Å². The van der Waals surface area contributed by atoms with Gasteiger partial charge in [0.15, 0.2) is 0 Å². The van der Waals surface area contributed by atoms with Crippen LogP contribution in [0, 0.1) is 0 Å². The first kappa shape index (κ1) is 18.4. The van der Waals surface area contributed by atoms with E-state index in [1.807, 2.05) is 66.0 Å². The van der Waals surface area contributed by atoms with Crippen molar-refractivity contribution >= 4 is 29.0 Å². The van der Waals surface area contributed by atoms with E-state index < -0.39 is 0 Å². The summed E-state index contributed by atoms with van der Waals surface area (Å²) in [6.07, 6.45) is 3.40. The van der Waals surface area contributed by atoms with E-state index in [0.717, 1.165) is 16.3 Å². The number of hydrogen-bond donors (Lipinski definition) is 1. The Morgan fingerprint density at radius 3 is 2.54 bits per heavy atom. The van der Waals surface area contributed by atoms with Crippen LogP contribution >= 0.6 is 23.1 Å². The topological polar surface area (TPSA) is 72.7 Å². The van der Waals surface area contributed by atoms with Gasteiger partial charge in [-0.05, 0) is 17.7 Å². The van der Waals surface area contributed by atoms with Crippen molar-refractivity contribution in [3.63, 3.8) is 0 Å². The SMILES string of the molecule is O=C(CSc1ncn(-c2ccccc2)n1)NC(c1ccccc1)c1nccs1. The zero-order valence-corrected chi connectivity index (χ0v) is 16.4. The van der Waals surface area contributed by atoms with E-state index in [0.29, 0.717) is 5.16 Å². The Morgan fingerprint density at radius 1 is 1.07 bits per heavy atom. The molecule has 0 radical (unpaired) electrons. The summed E-state index contributed by atoms with van der Waals surface area (Å²) in [4.78, 5) is 21.2. The standard InChI is InChI=1S/C20H17N5OS2/c26-17(13-28-20-22-14-25(24-20)16-9-5-2-6-10-16)23-18(19-21-11-12-27-19)15-7-3-1-4-8-15/h1-12,14,18H,13H2,(H,23,26). The summed E-state index contributed by atoms with van der Waals surface area (Å²) >= 11 is 2.83. The number of nitrogens with zero attached hydrogens (tertiary/aromatic N) is 4. The molecule has 8 heteroatoms. The normalized spacial score (nSPS) is 11.9. The molecule has 4 aromatic rings. The lowest BCUT2D eigenvalue weighted by Crippen LogP contribution is -2.30.